The van der Waals surface area contributed by atoms with Crippen LogP contribution >= 0.6 is 23.2 Å². The zero-order chi connectivity index (χ0) is 12.3. The second-order valence-corrected chi connectivity index (χ2v) is 5.40. The Morgan fingerprint density at radius 3 is 2.76 bits per heavy atom. The van der Waals surface area contributed by atoms with Crippen molar-refractivity contribution in [3.63, 3.8) is 0 Å². The van der Waals surface area contributed by atoms with Crippen molar-refractivity contribution in [2.24, 2.45) is 5.41 Å². The van der Waals surface area contributed by atoms with E-state index >= 15 is 0 Å². The molecule has 2 rings (SSSR count). The van der Waals surface area contributed by atoms with E-state index in [9.17, 15) is 0 Å². The Morgan fingerprint density at radius 2 is 2.18 bits per heavy atom. The Balaban J connectivity index is 1.91. The van der Waals surface area contributed by atoms with Gasteiger partial charge in [0.25, 0.3) is 0 Å². The van der Waals surface area contributed by atoms with Crippen molar-refractivity contribution >= 4 is 23.2 Å². The molecule has 0 saturated heterocycles. The maximum atomic E-state index is 5.98. The molecule has 0 amide bonds. The highest BCUT2D eigenvalue weighted by Gasteiger charge is 2.41. The zero-order valence-electron chi connectivity index (χ0n) is 9.93. The summed E-state index contributed by atoms with van der Waals surface area (Å²) >= 11 is 11.9. The number of hydrogen-bond donors (Lipinski definition) is 1. The Bertz CT molecular complexity index is 391. The number of nitrogens with one attached hydrogen (secondary N) is 1. The summed E-state index contributed by atoms with van der Waals surface area (Å²) in [5.74, 6) is 1.62. The van der Waals surface area contributed by atoms with E-state index in [4.69, 9.17) is 27.9 Å². The molecule has 0 atom stereocenters. The van der Waals surface area contributed by atoms with Gasteiger partial charge in [0.1, 0.15) is 5.75 Å². The van der Waals surface area contributed by atoms with Crippen molar-refractivity contribution < 1.29 is 4.74 Å². The van der Waals surface area contributed by atoms with Gasteiger partial charge in [-0.15, -0.1) is 11.6 Å². The molecule has 0 aromatic heterocycles. The van der Waals surface area contributed by atoms with Gasteiger partial charge in [-0.05, 0) is 36.5 Å². The molecule has 0 bridgehead atoms. The molecule has 1 aromatic carbocycles. The molecular weight excluding hydrogens is 257 g/mol. The molecule has 0 unspecified atom stereocenters. The Hall–Kier alpha value is -0.440. The first-order chi connectivity index (χ1) is 8.19. The fraction of sp³-hybridized carbons (Fsp3) is 0.538. The van der Waals surface area contributed by atoms with Gasteiger partial charge in [0.2, 0.25) is 0 Å². The highest BCUT2D eigenvalue weighted by atomic mass is 35.5. The SMILES string of the molecule is COc1ccc(Cl)cc1CNCC1(CCl)CC1. The molecule has 1 aliphatic rings. The van der Waals surface area contributed by atoms with Crippen LogP contribution in [0.2, 0.25) is 5.02 Å². The summed E-state index contributed by atoms with van der Waals surface area (Å²) in [6, 6.07) is 5.67. The summed E-state index contributed by atoms with van der Waals surface area (Å²) in [6.45, 7) is 1.73. The third-order valence-corrected chi connectivity index (χ3v) is 4.10. The molecule has 0 heterocycles. The van der Waals surface area contributed by atoms with Crippen molar-refractivity contribution in [3.8, 4) is 5.75 Å². The minimum Gasteiger partial charge on any atom is -0.496 e. The fourth-order valence-corrected chi connectivity index (χ4v) is 2.44. The molecule has 17 heavy (non-hydrogen) atoms. The van der Waals surface area contributed by atoms with Gasteiger partial charge >= 0.3 is 0 Å². The van der Waals surface area contributed by atoms with Crippen LogP contribution in [0.3, 0.4) is 0 Å². The highest BCUT2D eigenvalue weighted by molar-refractivity contribution is 6.30. The van der Waals surface area contributed by atoms with Crippen LogP contribution in [0.25, 0.3) is 0 Å². The summed E-state index contributed by atoms with van der Waals surface area (Å²) in [5.41, 5.74) is 1.43. The second-order valence-electron chi connectivity index (χ2n) is 4.69. The van der Waals surface area contributed by atoms with Crippen LogP contribution in [0.1, 0.15) is 18.4 Å². The van der Waals surface area contributed by atoms with Crippen molar-refractivity contribution in [3.05, 3.63) is 28.8 Å². The van der Waals surface area contributed by atoms with E-state index in [2.05, 4.69) is 5.32 Å². The van der Waals surface area contributed by atoms with Crippen molar-refractivity contribution in [2.45, 2.75) is 19.4 Å². The lowest BCUT2D eigenvalue weighted by Gasteiger charge is -2.14. The van der Waals surface area contributed by atoms with Crippen molar-refractivity contribution in [1.29, 1.82) is 0 Å². The van der Waals surface area contributed by atoms with Crippen molar-refractivity contribution in [1.82, 2.24) is 5.32 Å². The van der Waals surface area contributed by atoms with E-state index in [1.165, 1.54) is 12.8 Å². The second kappa shape index (κ2) is 5.47. The molecule has 0 radical (unpaired) electrons. The van der Waals surface area contributed by atoms with Gasteiger partial charge in [-0.1, -0.05) is 11.6 Å². The van der Waals surface area contributed by atoms with Crippen LogP contribution in [-0.2, 0) is 6.54 Å². The van der Waals surface area contributed by atoms with E-state index in [0.29, 0.717) is 5.41 Å². The summed E-state index contributed by atoms with van der Waals surface area (Å²) in [5, 5.41) is 4.17. The molecule has 1 aliphatic carbocycles. The molecule has 0 spiro atoms. The van der Waals surface area contributed by atoms with Crippen LogP contribution in [0.4, 0.5) is 0 Å². The molecular formula is C13H17Cl2NO. The first kappa shape index (κ1) is 13.0. The Kier molecular flexibility index (Phi) is 4.18. The first-order valence-electron chi connectivity index (χ1n) is 5.78. The van der Waals surface area contributed by atoms with E-state index in [0.717, 1.165) is 35.3 Å². The molecule has 2 nitrogen and oxygen atoms in total. The normalized spacial score (nSPS) is 16.9. The molecule has 1 aromatic rings. The lowest BCUT2D eigenvalue weighted by molar-refractivity contribution is 0.405. The van der Waals surface area contributed by atoms with Gasteiger partial charge in [-0.2, -0.15) is 0 Å². The van der Waals surface area contributed by atoms with Crippen LogP contribution in [-0.4, -0.2) is 19.5 Å². The molecule has 1 fully saturated rings. The standard InChI is InChI=1S/C13H17Cl2NO/c1-17-12-3-2-11(15)6-10(12)7-16-9-13(8-14)4-5-13/h2-3,6,16H,4-5,7-9H2,1H3. The van der Waals surface area contributed by atoms with Gasteiger partial charge in [0.05, 0.1) is 7.11 Å². The average Bonchev–Trinajstić information content (AvgIpc) is 3.10. The molecule has 94 valence electrons. The number of halogens is 2. The van der Waals surface area contributed by atoms with Gasteiger partial charge in [-0.25, -0.2) is 0 Å². The van der Waals surface area contributed by atoms with Crippen molar-refractivity contribution in [2.75, 3.05) is 19.5 Å². The third kappa shape index (κ3) is 3.27. The fourth-order valence-electron chi connectivity index (χ4n) is 1.88. The molecule has 1 saturated carbocycles. The maximum Gasteiger partial charge on any atom is 0.123 e. The quantitative estimate of drug-likeness (QED) is 0.802. The Labute approximate surface area is 112 Å². The largest absolute Gasteiger partial charge is 0.496 e. The summed E-state index contributed by atoms with van der Waals surface area (Å²) < 4.78 is 5.30. The number of hydrogen-bond acceptors (Lipinski definition) is 2. The predicted octanol–water partition coefficient (Wildman–Crippen LogP) is 3.46. The average molecular weight is 274 g/mol. The molecule has 4 heteroatoms. The number of ether oxygens (including phenoxy) is 1. The maximum absolute atomic E-state index is 5.98. The van der Waals surface area contributed by atoms with Gasteiger partial charge in [0, 0.05) is 29.6 Å². The third-order valence-electron chi connectivity index (χ3n) is 3.30. The number of rotatable bonds is 6. The van der Waals surface area contributed by atoms with E-state index in [1.807, 2.05) is 18.2 Å². The predicted molar refractivity (Wildman–Crippen MR) is 72.1 cm³/mol. The first-order valence-corrected chi connectivity index (χ1v) is 6.69. The summed E-state index contributed by atoms with van der Waals surface area (Å²) in [7, 11) is 1.67. The summed E-state index contributed by atoms with van der Waals surface area (Å²) in [6.07, 6.45) is 2.46. The molecule has 1 N–H and O–H groups in total. The number of benzene rings is 1. The van der Waals surface area contributed by atoms with E-state index in [1.54, 1.807) is 7.11 Å². The monoisotopic (exact) mass is 273 g/mol. The number of methoxy groups -OCH3 is 1. The smallest absolute Gasteiger partial charge is 0.123 e. The van der Waals surface area contributed by atoms with Crippen LogP contribution in [0.5, 0.6) is 5.75 Å². The number of alkyl halides is 1. The lowest BCUT2D eigenvalue weighted by Crippen LogP contribution is -2.24. The minimum absolute atomic E-state index is 0.341. The topological polar surface area (TPSA) is 21.3 Å². The van der Waals surface area contributed by atoms with Crippen LogP contribution in [0, 0.1) is 5.41 Å². The van der Waals surface area contributed by atoms with Gasteiger partial charge < -0.3 is 10.1 Å². The van der Waals surface area contributed by atoms with Gasteiger partial charge in [-0.3, -0.25) is 0 Å². The van der Waals surface area contributed by atoms with E-state index < -0.39 is 0 Å². The van der Waals surface area contributed by atoms with Gasteiger partial charge in [0.15, 0.2) is 0 Å². The Morgan fingerprint density at radius 1 is 1.41 bits per heavy atom. The van der Waals surface area contributed by atoms with Crippen LogP contribution in [0.15, 0.2) is 18.2 Å². The molecule has 0 aliphatic heterocycles. The highest BCUT2D eigenvalue weighted by Crippen LogP contribution is 2.45. The zero-order valence-corrected chi connectivity index (χ0v) is 11.4. The summed E-state index contributed by atoms with van der Waals surface area (Å²) in [4.78, 5) is 0. The lowest BCUT2D eigenvalue weighted by atomic mass is 10.1. The van der Waals surface area contributed by atoms with Crippen LogP contribution < -0.4 is 10.1 Å². The van der Waals surface area contributed by atoms with E-state index in [-0.39, 0.29) is 0 Å². The minimum atomic E-state index is 0.341.